The molecule has 0 aliphatic carbocycles. The average Bonchev–Trinajstić information content (AvgIpc) is 2.87. The molecule has 0 unspecified atom stereocenters. The number of hydrogen-bond donors (Lipinski definition) is 0. The standard InChI is InChI=1S/C10H10O2/c11-7-6-9-10(12-9)8-4-2-1-3-5-8/h1-5,7,9-10H,6H2/t9-,10+/m1/s1. The van der Waals surface area contributed by atoms with E-state index in [-0.39, 0.29) is 12.2 Å². The van der Waals surface area contributed by atoms with Gasteiger partial charge in [0.15, 0.2) is 0 Å². The number of carbonyl (C=O) groups is 1. The van der Waals surface area contributed by atoms with Crippen LogP contribution in [-0.4, -0.2) is 12.4 Å². The SMILES string of the molecule is O=CC[C@H]1O[C@H]1c1ccccc1. The van der Waals surface area contributed by atoms with Gasteiger partial charge in [-0.05, 0) is 5.56 Å². The highest BCUT2D eigenvalue weighted by Gasteiger charge is 2.39. The molecule has 2 rings (SSSR count). The van der Waals surface area contributed by atoms with Crippen LogP contribution in [0.2, 0.25) is 0 Å². The fraction of sp³-hybridized carbons (Fsp3) is 0.300. The lowest BCUT2D eigenvalue weighted by Crippen LogP contribution is -1.88. The molecule has 1 aliphatic heterocycles. The van der Waals surface area contributed by atoms with Gasteiger partial charge in [-0.3, -0.25) is 0 Å². The summed E-state index contributed by atoms with van der Waals surface area (Å²) >= 11 is 0. The second-order valence-corrected chi connectivity index (χ2v) is 2.91. The molecule has 0 bridgehead atoms. The summed E-state index contributed by atoms with van der Waals surface area (Å²) in [5.41, 5.74) is 1.17. The van der Waals surface area contributed by atoms with Crippen molar-refractivity contribution in [3.63, 3.8) is 0 Å². The Morgan fingerprint density at radius 2 is 2.08 bits per heavy atom. The van der Waals surface area contributed by atoms with E-state index in [9.17, 15) is 4.79 Å². The summed E-state index contributed by atoms with van der Waals surface area (Å²) < 4.78 is 5.31. The molecular formula is C10H10O2. The summed E-state index contributed by atoms with van der Waals surface area (Å²) in [6.45, 7) is 0. The Hall–Kier alpha value is -1.15. The third-order valence-electron chi connectivity index (χ3n) is 2.04. The molecule has 2 atom stereocenters. The van der Waals surface area contributed by atoms with E-state index in [4.69, 9.17) is 4.74 Å². The molecule has 0 aromatic heterocycles. The lowest BCUT2D eigenvalue weighted by molar-refractivity contribution is -0.108. The molecule has 0 saturated carbocycles. The summed E-state index contributed by atoms with van der Waals surface area (Å²) in [7, 11) is 0. The minimum absolute atomic E-state index is 0.130. The summed E-state index contributed by atoms with van der Waals surface area (Å²) in [5.74, 6) is 0. The van der Waals surface area contributed by atoms with Crippen LogP contribution in [0.15, 0.2) is 30.3 Å². The van der Waals surface area contributed by atoms with Gasteiger partial charge in [0.1, 0.15) is 12.4 Å². The minimum Gasteiger partial charge on any atom is -0.364 e. The number of carbonyl (C=O) groups excluding carboxylic acids is 1. The lowest BCUT2D eigenvalue weighted by atomic mass is 10.1. The molecule has 1 aromatic carbocycles. The van der Waals surface area contributed by atoms with Gasteiger partial charge in [0.05, 0.1) is 6.10 Å². The van der Waals surface area contributed by atoms with Gasteiger partial charge >= 0.3 is 0 Å². The zero-order chi connectivity index (χ0) is 8.39. The number of aldehydes is 1. The smallest absolute Gasteiger partial charge is 0.122 e. The van der Waals surface area contributed by atoms with Crippen LogP contribution in [0.1, 0.15) is 18.1 Å². The Labute approximate surface area is 71.2 Å². The number of hydrogen-bond acceptors (Lipinski definition) is 2. The fourth-order valence-corrected chi connectivity index (χ4v) is 1.35. The zero-order valence-corrected chi connectivity index (χ0v) is 6.64. The van der Waals surface area contributed by atoms with Crippen molar-refractivity contribution in [2.75, 3.05) is 0 Å². The molecule has 1 fully saturated rings. The number of ether oxygens (including phenoxy) is 1. The van der Waals surface area contributed by atoms with Crippen LogP contribution in [0.25, 0.3) is 0 Å². The molecule has 0 amide bonds. The van der Waals surface area contributed by atoms with Crippen LogP contribution in [0.4, 0.5) is 0 Å². The predicted molar refractivity (Wildman–Crippen MR) is 44.7 cm³/mol. The molecule has 0 spiro atoms. The van der Waals surface area contributed by atoms with Crippen molar-refractivity contribution in [1.82, 2.24) is 0 Å². The van der Waals surface area contributed by atoms with Crippen molar-refractivity contribution >= 4 is 6.29 Å². The summed E-state index contributed by atoms with van der Waals surface area (Å²) in [6.07, 6.45) is 1.72. The summed E-state index contributed by atoms with van der Waals surface area (Å²) in [5, 5.41) is 0. The van der Waals surface area contributed by atoms with Crippen molar-refractivity contribution in [3.8, 4) is 0 Å². The van der Waals surface area contributed by atoms with Crippen molar-refractivity contribution in [2.45, 2.75) is 18.6 Å². The van der Waals surface area contributed by atoms with E-state index >= 15 is 0 Å². The Balaban J connectivity index is 2.01. The molecule has 0 radical (unpaired) electrons. The van der Waals surface area contributed by atoms with Crippen LogP contribution < -0.4 is 0 Å². The highest BCUT2D eigenvalue weighted by molar-refractivity contribution is 5.51. The van der Waals surface area contributed by atoms with E-state index < -0.39 is 0 Å². The Morgan fingerprint density at radius 1 is 1.33 bits per heavy atom. The first-order chi connectivity index (χ1) is 5.92. The highest BCUT2D eigenvalue weighted by Crippen LogP contribution is 2.39. The minimum atomic E-state index is 0.130. The van der Waals surface area contributed by atoms with Crippen LogP contribution in [0.3, 0.4) is 0 Å². The largest absolute Gasteiger partial charge is 0.364 e. The molecule has 62 valence electrons. The first-order valence-corrected chi connectivity index (χ1v) is 4.06. The van der Waals surface area contributed by atoms with Gasteiger partial charge < -0.3 is 9.53 Å². The first-order valence-electron chi connectivity index (χ1n) is 4.06. The van der Waals surface area contributed by atoms with Crippen LogP contribution in [0.5, 0.6) is 0 Å². The molecular weight excluding hydrogens is 152 g/mol. The molecule has 2 nitrogen and oxygen atoms in total. The second-order valence-electron chi connectivity index (χ2n) is 2.91. The van der Waals surface area contributed by atoms with Crippen molar-refractivity contribution in [2.24, 2.45) is 0 Å². The van der Waals surface area contributed by atoms with Crippen LogP contribution in [-0.2, 0) is 9.53 Å². The molecule has 12 heavy (non-hydrogen) atoms. The Kier molecular flexibility index (Phi) is 1.92. The van der Waals surface area contributed by atoms with E-state index in [0.717, 1.165) is 6.29 Å². The topological polar surface area (TPSA) is 29.6 Å². The fourth-order valence-electron chi connectivity index (χ4n) is 1.35. The number of epoxide rings is 1. The predicted octanol–water partition coefficient (Wildman–Crippen LogP) is 1.72. The van der Waals surface area contributed by atoms with Crippen molar-refractivity contribution in [1.29, 1.82) is 0 Å². The Morgan fingerprint density at radius 3 is 2.75 bits per heavy atom. The molecule has 1 aliphatic rings. The molecule has 0 N–H and O–H groups in total. The van der Waals surface area contributed by atoms with Gasteiger partial charge in [0, 0.05) is 6.42 Å². The van der Waals surface area contributed by atoms with E-state index in [1.54, 1.807) is 0 Å². The van der Waals surface area contributed by atoms with Gasteiger partial charge in [-0.25, -0.2) is 0 Å². The number of rotatable bonds is 3. The molecule has 1 aromatic rings. The second kappa shape index (κ2) is 3.07. The Bertz CT molecular complexity index is 268. The van der Waals surface area contributed by atoms with E-state index in [2.05, 4.69) is 0 Å². The van der Waals surface area contributed by atoms with E-state index in [1.807, 2.05) is 30.3 Å². The normalized spacial score (nSPS) is 26.7. The van der Waals surface area contributed by atoms with Crippen LogP contribution >= 0.6 is 0 Å². The number of benzene rings is 1. The van der Waals surface area contributed by atoms with E-state index in [1.165, 1.54) is 5.56 Å². The third kappa shape index (κ3) is 1.38. The summed E-state index contributed by atoms with van der Waals surface area (Å²) in [4.78, 5) is 10.2. The zero-order valence-electron chi connectivity index (χ0n) is 6.64. The summed E-state index contributed by atoms with van der Waals surface area (Å²) in [6, 6.07) is 9.98. The van der Waals surface area contributed by atoms with E-state index in [0.29, 0.717) is 6.42 Å². The van der Waals surface area contributed by atoms with Crippen molar-refractivity contribution in [3.05, 3.63) is 35.9 Å². The molecule has 1 saturated heterocycles. The maximum Gasteiger partial charge on any atom is 0.122 e. The average molecular weight is 162 g/mol. The van der Waals surface area contributed by atoms with Gasteiger partial charge in [0.25, 0.3) is 0 Å². The monoisotopic (exact) mass is 162 g/mol. The highest BCUT2D eigenvalue weighted by atomic mass is 16.6. The van der Waals surface area contributed by atoms with Gasteiger partial charge in [-0.1, -0.05) is 30.3 Å². The van der Waals surface area contributed by atoms with Gasteiger partial charge in [0.2, 0.25) is 0 Å². The van der Waals surface area contributed by atoms with Gasteiger partial charge in [-0.15, -0.1) is 0 Å². The first kappa shape index (κ1) is 7.50. The lowest BCUT2D eigenvalue weighted by Gasteiger charge is -1.91. The quantitative estimate of drug-likeness (QED) is 0.500. The van der Waals surface area contributed by atoms with Crippen LogP contribution in [0, 0.1) is 0 Å². The molecule has 2 heteroatoms. The maximum atomic E-state index is 10.2. The maximum absolute atomic E-state index is 10.2. The van der Waals surface area contributed by atoms with Crippen molar-refractivity contribution < 1.29 is 9.53 Å². The van der Waals surface area contributed by atoms with Gasteiger partial charge in [-0.2, -0.15) is 0 Å². The third-order valence-corrected chi connectivity index (χ3v) is 2.04. The molecule has 1 heterocycles.